The van der Waals surface area contributed by atoms with Gasteiger partial charge in [-0.1, -0.05) is 29.3 Å². The third-order valence-electron chi connectivity index (χ3n) is 3.22. The average Bonchev–Trinajstić information content (AvgIpc) is 2.90. The van der Waals surface area contributed by atoms with E-state index in [2.05, 4.69) is 10.1 Å². The molecule has 3 rings (SSSR count). The second-order valence-corrected chi connectivity index (χ2v) is 7.42. The number of hydrogen-bond donors (Lipinski definition) is 0. The molecule has 0 fully saturated rings. The van der Waals surface area contributed by atoms with E-state index in [9.17, 15) is 8.42 Å². The number of sulfonamides is 1. The minimum atomic E-state index is -3.54. The van der Waals surface area contributed by atoms with Crippen LogP contribution >= 0.6 is 23.2 Å². The molecule has 2 heterocycles. The summed E-state index contributed by atoms with van der Waals surface area (Å²) < 4.78 is 28.1. The van der Waals surface area contributed by atoms with Gasteiger partial charge < -0.3 is 0 Å². The zero-order valence-corrected chi connectivity index (χ0v) is 13.2. The van der Waals surface area contributed by atoms with Crippen molar-refractivity contribution in [2.75, 3.05) is 10.8 Å². The van der Waals surface area contributed by atoms with Crippen LogP contribution in [0.25, 0.3) is 0 Å². The normalized spacial score (nSPS) is 15.0. The van der Waals surface area contributed by atoms with Crippen LogP contribution < -0.4 is 4.31 Å². The predicted molar refractivity (Wildman–Crippen MR) is 81.1 cm³/mol. The summed E-state index contributed by atoms with van der Waals surface area (Å²) in [5.41, 5.74) is 0.584. The van der Waals surface area contributed by atoms with Gasteiger partial charge in [0, 0.05) is 13.1 Å². The third-order valence-corrected chi connectivity index (χ3v) is 5.67. The molecule has 6 nitrogen and oxygen atoms in total. The van der Waals surface area contributed by atoms with Gasteiger partial charge in [-0.2, -0.15) is 10.1 Å². The Hall–Kier alpha value is -1.31. The molecule has 0 saturated carbocycles. The molecule has 0 saturated heterocycles. The molecule has 0 N–H and O–H groups in total. The largest absolute Gasteiger partial charge is 0.241 e. The van der Waals surface area contributed by atoms with Gasteiger partial charge in [-0.15, -0.1) is 0 Å². The van der Waals surface area contributed by atoms with Crippen LogP contribution in [0, 0.1) is 0 Å². The number of halogens is 2. The quantitative estimate of drug-likeness (QED) is 0.855. The van der Waals surface area contributed by atoms with E-state index in [1.165, 1.54) is 10.6 Å². The van der Waals surface area contributed by atoms with Crippen molar-refractivity contribution >= 4 is 39.2 Å². The Bertz CT molecular complexity index is 775. The van der Waals surface area contributed by atoms with Gasteiger partial charge in [-0.25, -0.2) is 17.4 Å². The lowest BCUT2D eigenvalue weighted by atomic mass is 10.2. The van der Waals surface area contributed by atoms with E-state index < -0.39 is 10.0 Å². The number of nitrogens with zero attached hydrogens (tertiary/aromatic N) is 4. The standard InChI is InChI=1S/C12H12Cl2N4O2S/c13-10-3-2-9(6-11(10)14)7-21(19,20)18-5-1-4-17-12(18)15-8-16-17/h2-3,6,8H,1,4-5,7H2. The van der Waals surface area contributed by atoms with Crippen LogP contribution in [0.3, 0.4) is 0 Å². The molecule has 1 aliphatic heterocycles. The van der Waals surface area contributed by atoms with Crippen molar-refractivity contribution in [2.24, 2.45) is 0 Å². The fraction of sp³-hybridized carbons (Fsp3) is 0.333. The third kappa shape index (κ3) is 2.86. The molecule has 1 aromatic carbocycles. The van der Waals surface area contributed by atoms with E-state index >= 15 is 0 Å². The summed E-state index contributed by atoms with van der Waals surface area (Å²) in [6, 6.07) is 4.81. The SMILES string of the molecule is O=S(=O)(Cc1ccc(Cl)c(Cl)c1)N1CCCn2ncnc21. The summed E-state index contributed by atoms with van der Waals surface area (Å²) in [4.78, 5) is 4.03. The fourth-order valence-electron chi connectivity index (χ4n) is 2.25. The molecule has 0 amide bonds. The molecule has 112 valence electrons. The van der Waals surface area contributed by atoms with Crippen molar-refractivity contribution in [1.82, 2.24) is 14.8 Å². The first kappa shape index (κ1) is 14.6. The Labute approximate surface area is 132 Å². The van der Waals surface area contributed by atoms with Crippen molar-refractivity contribution in [3.63, 3.8) is 0 Å². The number of anilines is 1. The molecule has 0 radical (unpaired) electrons. The molecule has 0 spiro atoms. The van der Waals surface area contributed by atoms with Gasteiger partial charge in [0.05, 0.1) is 15.8 Å². The first-order valence-electron chi connectivity index (χ1n) is 6.29. The van der Waals surface area contributed by atoms with Crippen molar-refractivity contribution in [3.05, 3.63) is 40.1 Å². The fourth-order valence-corrected chi connectivity index (χ4v) is 4.13. The molecule has 1 aliphatic rings. The first-order chi connectivity index (χ1) is 9.97. The topological polar surface area (TPSA) is 68.1 Å². The Balaban J connectivity index is 1.90. The first-order valence-corrected chi connectivity index (χ1v) is 8.66. The summed E-state index contributed by atoms with van der Waals surface area (Å²) in [5, 5.41) is 4.75. The molecular formula is C12H12Cl2N4O2S. The summed E-state index contributed by atoms with van der Waals surface area (Å²) in [6.07, 6.45) is 2.07. The van der Waals surface area contributed by atoms with E-state index in [1.807, 2.05) is 0 Å². The highest BCUT2D eigenvalue weighted by atomic mass is 35.5. The molecule has 0 bridgehead atoms. The monoisotopic (exact) mass is 346 g/mol. The molecule has 0 aliphatic carbocycles. The summed E-state index contributed by atoms with van der Waals surface area (Å²) in [7, 11) is -3.54. The summed E-state index contributed by atoms with van der Waals surface area (Å²) >= 11 is 11.8. The Morgan fingerprint density at radius 3 is 2.76 bits per heavy atom. The van der Waals surface area contributed by atoms with Crippen molar-refractivity contribution in [3.8, 4) is 0 Å². The van der Waals surface area contributed by atoms with Crippen molar-refractivity contribution in [1.29, 1.82) is 0 Å². The van der Waals surface area contributed by atoms with E-state index in [-0.39, 0.29) is 5.75 Å². The van der Waals surface area contributed by atoms with Crippen LogP contribution in [0.4, 0.5) is 5.95 Å². The highest BCUT2D eigenvalue weighted by Gasteiger charge is 2.29. The van der Waals surface area contributed by atoms with Crippen molar-refractivity contribution < 1.29 is 8.42 Å². The molecular weight excluding hydrogens is 335 g/mol. The minimum Gasteiger partial charge on any atom is -0.237 e. The number of hydrogen-bond acceptors (Lipinski definition) is 4. The lowest BCUT2D eigenvalue weighted by Crippen LogP contribution is -2.38. The van der Waals surface area contributed by atoms with E-state index in [0.29, 0.717) is 41.1 Å². The summed E-state index contributed by atoms with van der Waals surface area (Å²) in [5.74, 6) is 0.206. The number of aryl methyl sites for hydroxylation is 1. The van der Waals surface area contributed by atoms with Gasteiger partial charge in [0.2, 0.25) is 16.0 Å². The molecule has 2 aromatic rings. The lowest BCUT2D eigenvalue weighted by Gasteiger charge is -2.27. The number of fused-ring (bicyclic) bond motifs is 1. The van der Waals surface area contributed by atoms with Crippen LogP contribution in [-0.4, -0.2) is 29.7 Å². The number of aromatic nitrogens is 3. The maximum atomic E-state index is 12.6. The van der Waals surface area contributed by atoms with E-state index in [0.717, 1.165) is 0 Å². The van der Waals surface area contributed by atoms with Crippen LogP contribution in [0.2, 0.25) is 10.0 Å². The maximum absolute atomic E-state index is 12.6. The average molecular weight is 347 g/mol. The highest BCUT2D eigenvalue weighted by Crippen LogP contribution is 2.26. The minimum absolute atomic E-state index is 0.156. The second-order valence-electron chi connectivity index (χ2n) is 4.71. The number of benzene rings is 1. The molecule has 1 aromatic heterocycles. The Morgan fingerprint density at radius 1 is 1.19 bits per heavy atom. The molecule has 9 heteroatoms. The number of rotatable bonds is 3. The zero-order chi connectivity index (χ0) is 15.0. The van der Waals surface area contributed by atoms with E-state index in [1.54, 1.807) is 22.9 Å². The van der Waals surface area contributed by atoms with Gasteiger partial charge >= 0.3 is 0 Å². The van der Waals surface area contributed by atoms with Crippen LogP contribution in [0.5, 0.6) is 0 Å². The van der Waals surface area contributed by atoms with Gasteiger partial charge in [-0.3, -0.25) is 0 Å². The maximum Gasteiger partial charge on any atom is 0.241 e. The van der Waals surface area contributed by atoms with Gasteiger partial charge in [0.25, 0.3) is 0 Å². The van der Waals surface area contributed by atoms with E-state index in [4.69, 9.17) is 23.2 Å². The Kier molecular flexibility index (Phi) is 3.81. The van der Waals surface area contributed by atoms with Gasteiger partial charge in [0.1, 0.15) is 6.33 Å². The van der Waals surface area contributed by atoms with Crippen LogP contribution in [0.15, 0.2) is 24.5 Å². The highest BCUT2D eigenvalue weighted by molar-refractivity contribution is 7.92. The molecule has 21 heavy (non-hydrogen) atoms. The van der Waals surface area contributed by atoms with Gasteiger partial charge in [-0.05, 0) is 24.1 Å². The molecule has 0 unspecified atom stereocenters. The molecule has 0 atom stereocenters. The smallest absolute Gasteiger partial charge is 0.237 e. The lowest BCUT2D eigenvalue weighted by molar-refractivity contribution is 0.529. The summed E-state index contributed by atoms with van der Waals surface area (Å²) in [6.45, 7) is 1.08. The van der Waals surface area contributed by atoms with Crippen molar-refractivity contribution in [2.45, 2.75) is 18.7 Å². The van der Waals surface area contributed by atoms with Crippen LogP contribution in [-0.2, 0) is 22.3 Å². The zero-order valence-electron chi connectivity index (χ0n) is 10.9. The second kappa shape index (κ2) is 5.47. The van der Waals surface area contributed by atoms with Crippen LogP contribution in [0.1, 0.15) is 12.0 Å². The predicted octanol–water partition coefficient (Wildman–Crippen LogP) is 2.33. The van der Waals surface area contributed by atoms with Gasteiger partial charge in [0.15, 0.2) is 0 Å². The Morgan fingerprint density at radius 2 is 2.00 bits per heavy atom.